The topological polar surface area (TPSA) is 77.1 Å². The SMILES string of the molecule is O=C(NCCCOc1ccc(F)cc1)C1CC(=O)N(c2ccc3c(c2)OCCO3)C1. The monoisotopic (exact) mass is 414 g/mol. The van der Waals surface area contributed by atoms with E-state index in [2.05, 4.69) is 5.32 Å². The minimum Gasteiger partial charge on any atom is -0.494 e. The first-order valence-electron chi connectivity index (χ1n) is 9.96. The molecule has 158 valence electrons. The molecule has 1 unspecified atom stereocenters. The van der Waals surface area contributed by atoms with E-state index in [0.29, 0.717) is 62.3 Å². The summed E-state index contributed by atoms with van der Waals surface area (Å²) < 4.78 is 29.4. The van der Waals surface area contributed by atoms with E-state index in [1.165, 1.54) is 12.1 Å². The van der Waals surface area contributed by atoms with Crippen LogP contribution in [0.4, 0.5) is 10.1 Å². The van der Waals surface area contributed by atoms with Crippen LogP contribution < -0.4 is 24.4 Å². The summed E-state index contributed by atoms with van der Waals surface area (Å²) in [5.41, 5.74) is 0.701. The molecule has 2 aromatic rings. The molecule has 1 fully saturated rings. The molecule has 4 rings (SSSR count). The fourth-order valence-electron chi connectivity index (χ4n) is 3.48. The maximum absolute atomic E-state index is 12.9. The van der Waals surface area contributed by atoms with E-state index in [4.69, 9.17) is 14.2 Å². The van der Waals surface area contributed by atoms with Gasteiger partial charge in [-0.05, 0) is 42.8 Å². The Balaban J connectivity index is 1.23. The highest BCUT2D eigenvalue weighted by molar-refractivity contribution is 6.00. The Morgan fingerprint density at radius 1 is 1.13 bits per heavy atom. The number of amides is 2. The van der Waals surface area contributed by atoms with Gasteiger partial charge in [0.15, 0.2) is 11.5 Å². The van der Waals surface area contributed by atoms with Crippen molar-refractivity contribution >= 4 is 17.5 Å². The Hall–Kier alpha value is -3.29. The third-order valence-corrected chi connectivity index (χ3v) is 5.04. The number of nitrogens with zero attached hydrogens (tertiary/aromatic N) is 1. The second-order valence-corrected chi connectivity index (χ2v) is 7.18. The normalized spacial score (nSPS) is 17.7. The third kappa shape index (κ3) is 4.64. The molecule has 0 aromatic heterocycles. The summed E-state index contributed by atoms with van der Waals surface area (Å²) in [6, 6.07) is 11.2. The molecule has 1 saturated heterocycles. The van der Waals surface area contributed by atoms with Crippen LogP contribution in [0, 0.1) is 11.7 Å². The largest absolute Gasteiger partial charge is 0.494 e. The van der Waals surface area contributed by atoms with Crippen molar-refractivity contribution in [1.29, 1.82) is 0 Å². The van der Waals surface area contributed by atoms with E-state index in [1.807, 2.05) is 0 Å². The molecule has 0 saturated carbocycles. The first-order valence-corrected chi connectivity index (χ1v) is 9.96. The van der Waals surface area contributed by atoms with Gasteiger partial charge in [0.25, 0.3) is 0 Å². The van der Waals surface area contributed by atoms with Gasteiger partial charge in [-0.2, -0.15) is 0 Å². The number of halogens is 1. The third-order valence-electron chi connectivity index (χ3n) is 5.04. The molecule has 2 aliphatic heterocycles. The fraction of sp³-hybridized carbons (Fsp3) is 0.364. The summed E-state index contributed by atoms with van der Waals surface area (Å²) in [6.07, 6.45) is 0.780. The highest BCUT2D eigenvalue weighted by atomic mass is 19.1. The summed E-state index contributed by atoms with van der Waals surface area (Å²) in [5, 5.41) is 2.86. The number of rotatable bonds is 7. The van der Waals surface area contributed by atoms with Gasteiger partial charge in [-0.15, -0.1) is 0 Å². The predicted molar refractivity (Wildman–Crippen MR) is 107 cm³/mol. The lowest BCUT2D eigenvalue weighted by atomic mass is 10.1. The Bertz CT molecular complexity index is 918. The average molecular weight is 414 g/mol. The fourth-order valence-corrected chi connectivity index (χ4v) is 3.48. The van der Waals surface area contributed by atoms with Crippen molar-refractivity contribution in [3.05, 3.63) is 48.3 Å². The van der Waals surface area contributed by atoms with E-state index >= 15 is 0 Å². The standard InChI is InChI=1S/C22H23FN2O5/c23-16-2-5-18(6-3-16)28-9-1-8-24-22(27)15-12-21(26)25(14-15)17-4-7-19-20(13-17)30-11-10-29-19/h2-7,13,15H,1,8-12,14H2,(H,24,27). The lowest BCUT2D eigenvalue weighted by molar-refractivity contribution is -0.126. The second-order valence-electron chi connectivity index (χ2n) is 7.18. The van der Waals surface area contributed by atoms with Gasteiger partial charge in [-0.1, -0.05) is 0 Å². The van der Waals surface area contributed by atoms with Crippen molar-refractivity contribution in [3.63, 3.8) is 0 Å². The smallest absolute Gasteiger partial charge is 0.227 e. The van der Waals surface area contributed by atoms with Crippen molar-refractivity contribution in [2.75, 3.05) is 37.8 Å². The zero-order valence-electron chi connectivity index (χ0n) is 16.4. The summed E-state index contributed by atoms with van der Waals surface area (Å²) >= 11 is 0. The van der Waals surface area contributed by atoms with Crippen molar-refractivity contribution in [1.82, 2.24) is 5.32 Å². The molecule has 2 amide bonds. The van der Waals surface area contributed by atoms with Crippen LogP contribution in [0.25, 0.3) is 0 Å². The Morgan fingerprint density at radius 3 is 2.70 bits per heavy atom. The highest BCUT2D eigenvalue weighted by Gasteiger charge is 2.35. The van der Waals surface area contributed by atoms with Gasteiger partial charge in [0.2, 0.25) is 11.8 Å². The minimum absolute atomic E-state index is 0.0912. The van der Waals surface area contributed by atoms with Crippen LogP contribution >= 0.6 is 0 Å². The molecule has 8 heteroatoms. The molecule has 7 nitrogen and oxygen atoms in total. The molecule has 1 atom stereocenters. The second kappa shape index (κ2) is 9.02. The van der Waals surface area contributed by atoms with Gasteiger partial charge in [-0.25, -0.2) is 4.39 Å². The van der Waals surface area contributed by atoms with Crippen molar-refractivity contribution < 1.29 is 28.2 Å². The lowest BCUT2D eigenvalue weighted by Gasteiger charge is -2.22. The summed E-state index contributed by atoms with van der Waals surface area (Å²) in [5.74, 6) is 0.903. The van der Waals surface area contributed by atoms with E-state index in [0.717, 1.165) is 0 Å². The quantitative estimate of drug-likeness (QED) is 0.705. The highest BCUT2D eigenvalue weighted by Crippen LogP contribution is 2.35. The number of nitrogens with one attached hydrogen (secondary N) is 1. The molecule has 2 aromatic carbocycles. The number of hydrogen-bond acceptors (Lipinski definition) is 5. The van der Waals surface area contributed by atoms with Gasteiger partial charge < -0.3 is 24.4 Å². The van der Waals surface area contributed by atoms with Crippen LogP contribution in [0.1, 0.15) is 12.8 Å². The number of ether oxygens (including phenoxy) is 3. The minimum atomic E-state index is -0.399. The van der Waals surface area contributed by atoms with Crippen LogP contribution in [0.5, 0.6) is 17.2 Å². The molecule has 0 bridgehead atoms. The molecular weight excluding hydrogens is 391 g/mol. The summed E-state index contributed by atoms with van der Waals surface area (Å²) in [7, 11) is 0. The van der Waals surface area contributed by atoms with Crippen molar-refractivity contribution in [2.24, 2.45) is 5.92 Å². The summed E-state index contributed by atoms with van der Waals surface area (Å²) in [6.45, 7) is 2.15. The van der Waals surface area contributed by atoms with Crippen molar-refractivity contribution in [2.45, 2.75) is 12.8 Å². The molecule has 30 heavy (non-hydrogen) atoms. The zero-order valence-corrected chi connectivity index (χ0v) is 16.4. The molecule has 0 spiro atoms. The van der Waals surface area contributed by atoms with E-state index < -0.39 is 5.92 Å². The first-order chi connectivity index (χ1) is 14.6. The number of carbonyl (C=O) groups is 2. The van der Waals surface area contributed by atoms with E-state index in [9.17, 15) is 14.0 Å². The van der Waals surface area contributed by atoms with Gasteiger partial charge in [0.1, 0.15) is 24.8 Å². The van der Waals surface area contributed by atoms with Crippen LogP contribution in [-0.2, 0) is 9.59 Å². The van der Waals surface area contributed by atoms with E-state index in [-0.39, 0.29) is 24.1 Å². The van der Waals surface area contributed by atoms with Gasteiger partial charge in [0.05, 0.1) is 12.5 Å². The van der Waals surface area contributed by atoms with Gasteiger partial charge >= 0.3 is 0 Å². The number of carbonyl (C=O) groups excluding carboxylic acids is 2. The number of benzene rings is 2. The number of anilines is 1. The molecule has 1 N–H and O–H groups in total. The molecule has 2 aliphatic rings. The molecule has 0 radical (unpaired) electrons. The van der Waals surface area contributed by atoms with Gasteiger partial charge in [-0.3, -0.25) is 9.59 Å². The summed E-state index contributed by atoms with van der Waals surface area (Å²) in [4.78, 5) is 26.5. The van der Waals surface area contributed by atoms with Gasteiger partial charge in [0, 0.05) is 31.3 Å². The predicted octanol–water partition coefficient (Wildman–Crippen LogP) is 2.54. The van der Waals surface area contributed by atoms with Crippen LogP contribution in [-0.4, -0.2) is 44.7 Å². The number of fused-ring (bicyclic) bond motifs is 1. The first kappa shape index (κ1) is 20.0. The molecular formula is C22H23FN2O5. The number of hydrogen-bond donors (Lipinski definition) is 1. The maximum atomic E-state index is 12.9. The molecule has 0 aliphatic carbocycles. The lowest BCUT2D eigenvalue weighted by Crippen LogP contribution is -2.34. The maximum Gasteiger partial charge on any atom is 0.227 e. The Labute approximate surface area is 173 Å². The average Bonchev–Trinajstić information content (AvgIpc) is 3.16. The zero-order chi connectivity index (χ0) is 20.9. The van der Waals surface area contributed by atoms with Crippen molar-refractivity contribution in [3.8, 4) is 17.2 Å². The Kier molecular flexibility index (Phi) is 6.02. The Morgan fingerprint density at radius 2 is 1.90 bits per heavy atom. The van der Waals surface area contributed by atoms with Crippen LogP contribution in [0.15, 0.2) is 42.5 Å². The van der Waals surface area contributed by atoms with Crippen LogP contribution in [0.2, 0.25) is 0 Å². The van der Waals surface area contributed by atoms with E-state index in [1.54, 1.807) is 35.2 Å². The van der Waals surface area contributed by atoms with Crippen LogP contribution in [0.3, 0.4) is 0 Å². The molecule has 2 heterocycles.